The molecule has 0 bridgehead atoms. The van der Waals surface area contributed by atoms with E-state index in [4.69, 9.17) is 0 Å². The van der Waals surface area contributed by atoms with Crippen LogP contribution in [0.3, 0.4) is 0 Å². The Labute approximate surface area is 122 Å². The Morgan fingerprint density at radius 2 is 2.05 bits per heavy atom. The number of rotatable bonds is 5. The van der Waals surface area contributed by atoms with Gasteiger partial charge in [-0.2, -0.15) is 8.78 Å². The van der Waals surface area contributed by atoms with Crippen molar-refractivity contribution in [3.05, 3.63) is 59.4 Å². The SMILES string of the molecule is FC(F)Oc1ccc(CNC2CCc3cccnc32)cc1. The van der Waals surface area contributed by atoms with Crippen molar-refractivity contribution >= 4 is 0 Å². The van der Waals surface area contributed by atoms with Gasteiger partial charge in [0.2, 0.25) is 0 Å². The second-order valence-corrected chi connectivity index (χ2v) is 5.04. The maximum atomic E-state index is 12.1. The fourth-order valence-electron chi connectivity index (χ4n) is 2.64. The highest BCUT2D eigenvalue weighted by Crippen LogP contribution is 2.29. The highest BCUT2D eigenvalue weighted by Gasteiger charge is 2.22. The third kappa shape index (κ3) is 3.36. The number of aromatic nitrogens is 1. The van der Waals surface area contributed by atoms with Crippen LogP contribution in [0.1, 0.15) is 29.3 Å². The first-order valence-corrected chi connectivity index (χ1v) is 6.93. The average Bonchev–Trinajstić information content (AvgIpc) is 2.89. The molecule has 0 radical (unpaired) electrons. The Kier molecular flexibility index (Phi) is 4.10. The number of fused-ring (bicyclic) bond motifs is 1. The summed E-state index contributed by atoms with van der Waals surface area (Å²) in [6.45, 7) is -2.11. The molecule has 1 atom stereocenters. The molecule has 1 aliphatic carbocycles. The van der Waals surface area contributed by atoms with Crippen molar-refractivity contribution in [2.45, 2.75) is 32.0 Å². The summed E-state index contributed by atoms with van der Waals surface area (Å²) in [5.41, 5.74) is 3.45. The van der Waals surface area contributed by atoms with E-state index in [9.17, 15) is 8.78 Å². The molecule has 2 aromatic rings. The van der Waals surface area contributed by atoms with E-state index in [0.29, 0.717) is 6.54 Å². The Bertz CT molecular complexity index is 601. The van der Waals surface area contributed by atoms with Crippen LogP contribution in [0.5, 0.6) is 5.75 Å². The van der Waals surface area contributed by atoms with E-state index in [1.165, 1.54) is 5.56 Å². The number of ether oxygens (including phenoxy) is 1. The second-order valence-electron chi connectivity index (χ2n) is 5.04. The quantitative estimate of drug-likeness (QED) is 0.915. The number of nitrogens with one attached hydrogen (secondary N) is 1. The van der Waals surface area contributed by atoms with E-state index in [1.807, 2.05) is 12.3 Å². The third-order valence-corrected chi connectivity index (χ3v) is 3.66. The predicted octanol–water partition coefficient (Wildman–Crippen LogP) is 3.46. The van der Waals surface area contributed by atoms with Crippen LogP contribution in [0.2, 0.25) is 0 Å². The first-order valence-electron chi connectivity index (χ1n) is 6.93. The molecule has 1 aromatic heterocycles. The van der Waals surface area contributed by atoms with Gasteiger partial charge in [0.1, 0.15) is 5.75 Å². The van der Waals surface area contributed by atoms with Crippen molar-refractivity contribution in [3.8, 4) is 5.75 Å². The lowest BCUT2D eigenvalue weighted by Gasteiger charge is -2.13. The van der Waals surface area contributed by atoms with Crippen LogP contribution in [-0.2, 0) is 13.0 Å². The number of aryl methyl sites for hydroxylation is 1. The van der Waals surface area contributed by atoms with E-state index in [2.05, 4.69) is 21.1 Å². The molecule has 1 aliphatic rings. The van der Waals surface area contributed by atoms with Crippen LogP contribution in [0.15, 0.2) is 42.6 Å². The molecule has 3 rings (SSSR count). The highest BCUT2D eigenvalue weighted by molar-refractivity contribution is 5.29. The molecule has 0 aliphatic heterocycles. The van der Waals surface area contributed by atoms with E-state index < -0.39 is 6.61 Å². The van der Waals surface area contributed by atoms with Gasteiger partial charge in [-0.3, -0.25) is 4.98 Å². The molecule has 21 heavy (non-hydrogen) atoms. The van der Waals surface area contributed by atoms with Gasteiger partial charge >= 0.3 is 6.61 Å². The molecule has 5 heteroatoms. The molecule has 0 saturated carbocycles. The lowest BCUT2D eigenvalue weighted by Crippen LogP contribution is -2.19. The standard InChI is InChI=1S/C16H16F2N2O/c17-16(18)21-13-6-3-11(4-7-13)10-20-14-8-5-12-2-1-9-19-15(12)14/h1-4,6-7,9,14,16,20H,5,8,10H2. The Morgan fingerprint density at radius 3 is 2.81 bits per heavy atom. The number of pyridine rings is 1. The first-order chi connectivity index (χ1) is 10.2. The van der Waals surface area contributed by atoms with Crippen molar-refractivity contribution in [1.82, 2.24) is 10.3 Å². The van der Waals surface area contributed by atoms with Gasteiger partial charge in [-0.05, 0) is 42.2 Å². The summed E-state index contributed by atoms with van der Waals surface area (Å²) in [6.07, 6.45) is 3.90. The van der Waals surface area contributed by atoms with Gasteiger partial charge in [-0.25, -0.2) is 0 Å². The van der Waals surface area contributed by atoms with Gasteiger partial charge in [0, 0.05) is 12.7 Å². The topological polar surface area (TPSA) is 34.1 Å². The van der Waals surface area contributed by atoms with Crippen LogP contribution < -0.4 is 10.1 Å². The van der Waals surface area contributed by atoms with Crippen LogP contribution in [0, 0.1) is 0 Å². The molecule has 110 valence electrons. The smallest absolute Gasteiger partial charge is 0.387 e. The van der Waals surface area contributed by atoms with Crippen LogP contribution >= 0.6 is 0 Å². The summed E-state index contributed by atoms with van der Waals surface area (Å²) in [5, 5.41) is 3.46. The predicted molar refractivity (Wildman–Crippen MR) is 75.2 cm³/mol. The van der Waals surface area contributed by atoms with Gasteiger partial charge in [-0.1, -0.05) is 18.2 Å². The normalized spacial score (nSPS) is 17.0. The maximum absolute atomic E-state index is 12.1. The Balaban J connectivity index is 1.59. The van der Waals surface area contributed by atoms with Gasteiger partial charge in [-0.15, -0.1) is 0 Å². The van der Waals surface area contributed by atoms with Gasteiger partial charge in [0.05, 0.1) is 11.7 Å². The van der Waals surface area contributed by atoms with E-state index in [0.717, 1.165) is 24.1 Å². The van der Waals surface area contributed by atoms with Crippen molar-refractivity contribution in [3.63, 3.8) is 0 Å². The van der Waals surface area contributed by atoms with Gasteiger partial charge < -0.3 is 10.1 Å². The fraction of sp³-hybridized carbons (Fsp3) is 0.312. The maximum Gasteiger partial charge on any atom is 0.387 e. The summed E-state index contributed by atoms with van der Waals surface area (Å²) < 4.78 is 28.5. The number of hydrogen-bond acceptors (Lipinski definition) is 3. The first kappa shape index (κ1) is 13.9. The fourth-order valence-corrected chi connectivity index (χ4v) is 2.64. The minimum Gasteiger partial charge on any atom is -0.435 e. The summed E-state index contributed by atoms with van der Waals surface area (Å²) in [5.74, 6) is 0.182. The summed E-state index contributed by atoms with van der Waals surface area (Å²) >= 11 is 0. The highest BCUT2D eigenvalue weighted by atomic mass is 19.3. The van der Waals surface area contributed by atoms with E-state index in [-0.39, 0.29) is 11.8 Å². The minimum absolute atomic E-state index is 0.182. The third-order valence-electron chi connectivity index (χ3n) is 3.66. The summed E-state index contributed by atoms with van der Waals surface area (Å²) in [6, 6.07) is 11.0. The van der Waals surface area contributed by atoms with Gasteiger partial charge in [0.25, 0.3) is 0 Å². The van der Waals surface area contributed by atoms with Crippen molar-refractivity contribution in [2.24, 2.45) is 0 Å². The zero-order chi connectivity index (χ0) is 14.7. The van der Waals surface area contributed by atoms with E-state index >= 15 is 0 Å². The number of alkyl halides is 2. The molecule has 0 fully saturated rings. The Morgan fingerprint density at radius 1 is 1.24 bits per heavy atom. The Hall–Kier alpha value is -2.01. The molecule has 1 heterocycles. The molecule has 0 spiro atoms. The molecule has 1 N–H and O–H groups in total. The van der Waals surface area contributed by atoms with Gasteiger partial charge in [0.15, 0.2) is 0 Å². The number of nitrogens with zero attached hydrogens (tertiary/aromatic N) is 1. The molecule has 3 nitrogen and oxygen atoms in total. The van der Waals surface area contributed by atoms with Crippen molar-refractivity contribution < 1.29 is 13.5 Å². The lowest BCUT2D eigenvalue weighted by molar-refractivity contribution is -0.0498. The van der Waals surface area contributed by atoms with Crippen molar-refractivity contribution in [1.29, 1.82) is 0 Å². The molecular formula is C16H16F2N2O. The number of benzene rings is 1. The van der Waals surface area contributed by atoms with Crippen molar-refractivity contribution in [2.75, 3.05) is 0 Å². The second kappa shape index (κ2) is 6.18. The number of hydrogen-bond donors (Lipinski definition) is 1. The zero-order valence-electron chi connectivity index (χ0n) is 11.4. The average molecular weight is 290 g/mol. The van der Waals surface area contributed by atoms with E-state index in [1.54, 1.807) is 24.3 Å². The molecular weight excluding hydrogens is 274 g/mol. The molecule has 0 amide bonds. The zero-order valence-corrected chi connectivity index (χ0v) is 11.4. The van der Waals surface area contributed by atoms with Crippen LogP contribution in [0.25, 0.3) is 0 Å². The molecule has 1 aromatic carbocycles. The minimum atomic E-state index is -2.78. The molecule has 1 unspecified atom stereocenters. The monoisotopic (exact) mass is 290 g/mol. The number of halogens is 2. The van der Waals surface area contributed by atoms with Crippen LogP contribution in [-0.4, -0.2) is 11.6 Å². The largest absolute Gasteiger partial charge is 0.435 e. The van der Waals surface area contributed by atoms with Crippen LogP contribution in [0.4, 0.5) is 8.78 Å². The lowest BCUT2D eigenvalue weighted by atomic mass is 10.1. The molecule has 0 saturated heterocycles. The summed E-state index contributed by atoms with van der Waals surface area (Å²) in [4.78, 5) is 4.43. The summed E-state index contributed by atoms with van der Waals surface area (Å²) in [7, 11) is 0.